The van der Waals surface area contributed by atoms with Crippen molar-refractivity contribution in [3.05, 3.63) is 65.7 Å². The van der Waals surface area contributed by atoms with E-state index in [1.807, 2.05) is 24.3 Å². The Morgan fingerprint density at radius 3 is 2.51 bits per heavy atom. The molecule has 0 atom stereocenters. The van der Waals surface area contributed by atoms with Gasteiger partial charge >= 0.3 is 5.97 Å². The number of pyridine rings is 1. The Morgan fingerprint density at radius 2 is 1.83 bits per heavy atom. The first-order valence-electron chi connectivity index (χ1n) is 10.8. The van der Waals surface area contributed by atoms with Gasteiger partial charge in [0, 0.05) is 44.9 Å². The van der Waals surface area contributed by atoms with Crippen LogP contribution in [0.5, 0.6) is 5.75 Å². The summed E-state index contributed by atoms with van der Waals surface area (Å²) in [7, 11) is 1.51. The number of nitrogens with two attached hydrogens (primary N) is 1. The molecule has 35 heavy (non-hydrogen) atoms. The number of nitrogens with one attached hydrogen (secondary N) is 1. The lowest BCUT2D eigenvalue weighted by Gasteiger charge is -2.12. The van der Waals surface area contributed by atoms with Gasteiger partial charge in [0.2, 0.25) is 5.82 Å². The van der Waals surface area contributed by atoms with E-state index in [4.69, 9.17) is 10.5 Å². The normalized spacial score (nSPS) is 12.2. The Labute approximate surface area is 199 Å². The lowest BCUT2D eigenvalue weighted by Crippen LogP contribution is -2.06. The van der Waals surface area contributed by atoms with E-state index in [0.29, 0.717) is 50.2 Å². The molecule has 9 heteroatoms. The smallest absolute Gasteiger partial charge is 0.374 e. The van der Waals surface area contributed by atoms with Gasteiger partial charge in [-0.05, 0) is 38.1 Å². The number of aromatic amines is 1. The van der Waals surface area contributed by atoms with Crippen molar-refractivity contribution < 1.29 is 19.4 Å². The van der Waals surface area contributed by atoms with Crippen LogP contribution < -0.4 is 10.5 Å². The number of hydrogen-bond acceptors (Lipinski definition) is 7. The van der Waals surface area contributed by atoms with E-state index in [-0.39, 0.29) is 11.6 Å². The van der Waals surface area contributed by atoms with Crippen LogP contribution in [0, 0.1) is 0 Å². The molecule has 0 amide bonds. The molecular weight excluding hydrogens is 446 g/mol. The minimum atomic E-state index is -1.25. The van der Waals surface area contributed by atoms with Gasteiger partial charge in [0.25, 0.3) is 0 Å². The molecule has 0 spiro atoms. The fourth-order valence-electron chi connectivity index (χ4n) is 4.46. The fourth-order valence-corrected chi connectivity index (χ4v) is 4.46. The van der Waals surface area contributed by atoms with Crippen molar-refractivity contribution in [3.8, 4) is 17.0 Å². The third-order valence-electron chi connectivity index (χ3n) is 5.88. The van der Waals surface area contributed by atoms with E-state index in [0.717, 1.165) is 16.5 Å². The van der Waals surface area contributed by atoms with Gasteiger partial charge in [-0.25, -0.2) is 14.8 Å². The first-order valence-corrected chi connectivity index (χ1v) is 10.8. The number of rotatable bonds is 5. The number of hydrogen-bond donors (Lipinski definition) is 3. The molecule has 3 heterocycles. The van der Waals surface area contributed by atoms with Crippen LogP contribution in [0.15, 0.2) is 54.4 Å². The molecule has 0 aliphatic rings. The van der Waals surface area contributed by atoms with Gasteiger partial charge < -0.3 is 20.6 Å². The molecule has 4 N–H and O–H groups in total. The van der Waals surface area contributed by atoms with Crippen LogP contribution in [-0.2, 0) is 4.79 Å². The van der Waals surface area contributed by atoms with Crippen molar-refractivity contribution in [2.75, 3.05) is 7.11 Å². The van der Waals surface area contributed by atoms with Gasteiger partial charge in [-0.3, -0.25) is 9.78 Å². The van der Waals surface area contributed by atoms with E-state index in [2.05, 4.69) is 19.9 Å². The number of benzene rings is 2. The third kappa shape index (κ3) is 3.54. The van der Waals surface area contributed by atoms with Gasteiger partial charge in [0.1, 0.15) is 11.4 Å². The second kappa shape index (κ2) is 8.21. The maximum absolute atomic E-state index is 12.3. The summed E-state index contributed by atoms with van der Waals surface area (Å²) in [5.74, 6) is -1.34. The average Bonchev–Trinajstić information content (AvgIpc) is 3.19. The van der Waals surface area contributed by atoms with Crippen LogP contribution in [-0.4, -0.2) is 43.9 Å². The average molecular weight is 467 g/mol. The van der Waals surface area contributed by atoms with Crippen LogP contribution in [0.3, 0.4) is 0 Å². The van der Waals surface area contributed by atoms with Crippen LogP contribution >= 0.6 is 0 Å². The fraction of sp³-hybridized carbons (Fsp3) is 0.115. The number of nitrogens with zero attached hydrogens (tertiary/aromatic N) is 3. The van der Waals surface area contributed by atoms with Gasteiger partial charge in [-0.15, -0.1) is 0 Å². The molecule has 0 aliphatic heterocycles. The standard InChI is InChI=1S/C26H21N5O4/c1-12(27)21(13(2)32)17-10-19-16(11-20(17)35-3)22-23(30-25(26(33)34)31-24(22)29-19)15-8-9-28-18-7-5-4-6-14(15)18/h4-11H,27H2,1-3H3,(H,33,34)(H,29,30,31). The molecule has 9 nitrogen and oxygen atoms in total. The number of Topliss-reactive ketones (excluding diaryl/α,β-unsaturated/α-hetero) is 1. The van der Waals surface area contributed by atoms with Crippen molar-refractivity contribution in [1.29, 1.82) is 0 Å². The summed E-state index contributed by atoms with van der Waals surface area (Å²) in [6.07, 6.45) is 1.66. The Kier molecular flexibility index (Phi) is 5.17. The number of carboxylic acid groups (broad SMARTS) is 1. The Morgan fingerprint density at radius 1 is 1.06 bits per heavy atom. The van der Waals surface area contributed by atoms with Gasteiger partial charge in [-0.2, -0.15) is 0 Å². The first kappa shape index (κ1) is 22.0. The molecule has 3 aromatic heterocycles. The van der Waals surface area contributed by atoms with E-state index in [9.17, 15) is 14.7 Å². The molecule has 5 aromatic rings. The van der Waals surface area contributed by atoms with Crippen LogP contribution in [0.4, 0.5) is 0 Å². The van der Waals surface area contributed by atoms with Gasteiger partial charge in [0.05, 0.1) is 23.7 Å². The number of ether oxygens (including phenoxy) is 1. The highest BCUT2D eigenvalue weighted by molar-refractivity contribution is 6.23. The molecule has 0 radical (unpaired) electrons. The molecule has 0 bridgehead atoms. The minimum Gasteiger partial charge on any atom is -0.496 e. The molecule has 0 saturated carbocycles. The number of H-pyrrole nitrogens is 1. The van der Waals surface area contributed by atoms with E-state index in [1.165, 1.54) is 14.0 Å². The highest BCUT2D eigenvalue weighted by Gasteiger charge is 2.23. The molecule has 5 rings (SSSR count). The number of aromatic carboxylic acids is 1. The topological polar surface area (TPSA) is 144 Å². The second-order valence-electron chi connectivity index (χ2n) is 8.14. The van der Waals surface area contributed by atoms with Crippen LogP contribution in [0.1, 0.15) is 30.0 Å². The van der Waals surface area contributed by atoms with Crippen molar-refractivity contribution in [1.82, 2.24) is 19.9 Å². The first-order chi connectivity index (χ1) is 16.8. The highest BCUT2D eigenvalue weighted by Crippen LogP contribution is 2.39. The van der Waals surface area contributed by atoms with E-state index >= 15 is 0 Å². The van der Waals surface area contributed by atoms with Crippen LogP contribution in [0.2, 0.25) is 0 Å². The molecule has 0 aliphatic carbocycles. The lowest BCUT2D eigenvalue weighted by atomic mass is 9.97. The maximum atomic E-state index is 12.3. The maximum Gasteiger partial charge on any atom is 0.374 e. The van der Waals surface area contributed by atoms with E-state index in [1.54, 1.807) is 31.3 Å². The number of para-hydroxylation sites is 1. The zero-order valence-corrected chi connectivity index (χ0v) is 19.2. The predicted octanol–water partition coefficient (Wildman–Crippen LogP) is 4.31. The summed E-state index contributed by atoms with van der Waals surface area (Å²) in [5, 5.41) is 11.9. The SMILES string of the molecule is COc1cc2c(cc1C(C(C)=O)=C(C)N)[nH]c1nc(C(=O)O)nc(-c3ccnc4ccccc34)c12. The van der Waals surface area contributed by atoms with Crippen molar-refractivity contribution in [2.45, 2.75) is 13.8 Å². The third-order valence-corrected chi connectivity index (χ3v) is 5.88. The summed E-state index contributed by atoms with van der Waals surface area (Å²) in [5.41, 5.74) is 10.2. The number of methoxy groups -OCH3 is 1. The Bertz CT molecular complexity index is 1710. The Balaban J connectivity index is 1.93. The molecule has 2 aromatic carbocycles. The number of allylic oxidation sites excluding steroid dienone is 2. The molecule has 174 valence electrons. The summed E-state index contributed by atoms with van der Waals surface area (Å²) in [6, 6.07) is 12.9. The number of fused-ring (bicyclic) bond motifs is 4. The minimum absolute atomic E-state index is 0.198. The largest absolute Gasteiger partial charge is 0.496 e. The Hall–Kier alpha value is -4.79. The van der Waals surface area contributed by atoms with Gasteiger partial charge in [-0.1, -0.05) is 18.2 Å². The molecular formula is C26H21N5O4. The summed E-state index contributed by atoms with van der Waals surface area (Å²) >= 11 is 0. The van der Waals surface area contributed by atoms with Gasteiger partial charge in [0.15, 0.2) is 5.78 Å². The second-order valence-corrected chi connectivity index (χ2v) is 8.14. The number of aromatic nitrogens is 4. The van der Waals surface area contributed by atoms with Crippen molar-refractivity contribution in [2.24, 2.45) is 5.73 Å². The molecule has 0 unspecified atom stereocenters. The lowest BCUT2D eigenvalue weighted by molar-refractivity contribution is -0.111. The monoisotopic (exact) mass is 467 g/mol. The zero-order valence-electron chi connectivity index (χ0n) is 19.2. The molecule has 0 fully saturated rings. The number of carbonyl (C=O) groups excluding carboxylic acids is 1. The number of carbonyl (C=O) groups is 2. The number of carboxylic acids is 1. The highest BCUT2D eigenvalue weighted by atomic mass is 16.5. The summed E-state index contributed by atoms with van der Waals surface area (Å²) in [4.78, 5) is 40.5. The van der Waals surface area contributed by atoms with Crippen molar-refractivity contribution in [3.63, 3.8) is 0 Å². The molecule has 0 saturated heterocycles. The quantitative estimate of drug-likeness (QED) is 0.324. The predicted molar refractivity (Wildman–Crippen MR) is 133 cm³/mol. The summed E-state index contributed by atoms with van der Waals surface area (Å²) in [6.45, 7) is 3.10. The van der Waals surface area contributed by atoms with E-state index < -0.39 is 5.97 Å². The van der Waals surface area contributed by atoms with Crippen LogP contribution in [0.25, 0.3) is 49.7 Å². The number of ketones is 1. The zero-order chi connectivity index (χ0) is 24.9. The summed E-state index contributed by atoms with van der Waals surface area (Å²) < 4.78 is 5.63. The van der Waals surface area contributed by atoms with Crippen molar-refractivity contribution >= 4 is 50.2 Å².